The van der Waals surface area contributed by atoms with Gasteiger partial charge in [-0.05, 0) is 61.3 Å². The van der Waals surface area contributed by atoms with Gasteiger partial charge in [0.1, 0.15) is 11.4 Å². The molecule has 1 amide bonds. The molecule has 1 N–H and O–H groups in total. The van der Waals surface area contributed by atoms with Crippen LogP contribution in [0.3, 0.4) is 0 Å². The second-order valence-corrected chi connectivity index (χ2v) is 9.06. The summed E-state index contributed by atoms with van der Waals surface area (Å²) in [6, 6.07) is 22.2. The van der Waals surface area contributed by atoms with Crippen molar-refractivity contribution in [3.63, 3.8) is 0 Å². The number of methoxy groups -OCH3 is 1. The molecule has 2 aromatic carbocycles. The third kappa shape index (κ3) is 5.47. The van der Waals surface area contributed by atoms with Gasteiger partial charge in [-0.25, -0.2) is 0 Å². The first-order chi connectivity index (χ1) is 17.7. The van der Waals surface area contributed by atoms with Crippen LogP contribution in [-0.2, 0) is 6.54 Å². The van der Waals surface area contributed by atoms with Gasteiger partial charge in [-0.2, -0.15) is 5.10 Å². The van der Waals surface area contributed by atoms with Crippen molar-refractivity contribution >= 4 is 5.91 Å². The van der Waals surface area contributed by atoms with Gasteiger partial charge in [0.2, 0.25) is 0 Å². The van der Waals surface area contributed by atoms with Crippen LogP contribution in [0.5, 0.6) is 5.75 Å². The van der Waals surface area contributed by atoms with E-state index in [9.17, 15) is 4.79 Å². The van der Waals surface area contributed by atoms with E-state index in [0.717, 1.165) is 30.0 Å². The van der Waals surface area contributed by atoms with Crippen LogP contribution in [0.1, 0.15) is 40.4 Å². The Hall–Kier alpha value is -3.97. The summed E-state index contributed by atoms with van der Waals surface area (Å²) in [6.45, 7) is 3.16. The third-order valence-electron chi connectivity index (χ3n) is 6.67. The molecule has 1 fully saturated rings. The van der Waals surface area contributed by atoms with Gasteiger partial charge in [-0.15, -0.1) is 0 Å². The topological polar surface area (TPSA) is 72.3 Å². The average molecular weight is 482 g/mol. The minimum absolute atomic E-state index is 0.101. The van der Waals surface area contributed by atoms with Gasteiger partial charge in [0.15, 0.2) is 0 Å². The number of carbonyl (C=O) groups is 1. The van der Waals surface area contributed by atoms with Crippen LogP contribution < -0.4 is 10.1 Å². The fourth-order valence-corrected chi connectivity index (χ4v) is 4.78. The summed E-state index contributed by atoms with van der Waals surface area (Å²) in [5.41, 5.74) is 4.30. The Morgan fingerprint density at radius 2 is 1.81 bits per heavy atom. The van der Waals surface area contributed by atoms with Crippen molar-refractivity contribution in [3.8, 4) is 17.0 Å². The highest BCUT2D eigenvalue weighted by Crippen LogP contribution is 2.27. The smallest absolute Gasteiger partial charge is 0.255 e. The summed E-state index contributed by atoms with van der Waals surface area (Å²) in [7, 11) is 1.67. The molecule has 0 spiro atoms. The van der Waals surface area contributed by atoms with Gasteiger partial charge in [0.25, 0.3) is 5.91 Å². The number of nitrogens with zero attached hydrogens (tertiary/aromatic N) is 4. The summed E-state index contributed by atoms with van der Waals surface area (Å²) in [4.78, 5) is 20.2. The minimum atomic E-state index is -0.133. The first kappa shape index (κ1) is 23.8. The number of nitrogens with one attached hydrogen (secondary N) is 1. The molecule has 7 heteroatoms. The van der Waals surface area contributed by atoms with Crippen LogP contribution in [-0.4, -0.2) is 52.3 Å². The second kappa shape index (κ2) is 11.2. The first-order valence-corrected chi connectivity index (χ1v) is 12.4. The predicted molar refractivity (Wildman–Crippen MR) is 140 cm³/mol. The van der Waals surface area contributed by atoms with E-state index < -0.39 is 0 Å². The van der Waals surface area contributed by atoms with Crippen LogP contribution in [0.4, 0.5) is 0 Å². The van der Waals surface area contributed by atoms with Crippen LogP contribution >= 0.6 is 0 Å². The SMILES string of the molecule is COc1ccc([C@@H](CNC(=O)c2cn(Cc3ccccc3)nc2-c2cccnc2)N2CCCC2)cc1. The number of ether oxygens (including phenoxy) is 1. The maximum atomic E-state index is 13.5. The molecule has 0 radical (unpaired) electrons. The Morgan fingerprint density at radius 3 is 2.50 bits per heavy atom. The fraction of sp³-hybridized carbons (Fsp3) is 0.276. The van der Waals surface area contributed by atoms with Crippen LogP contribution in [0.15, 0.2) is 85.3 Å². The lowest BCUT2D eigenvalue weighted by Gasteiger charge is -2.28. The predicted octanol–water partition coefficient (Wildman–Crippen LogP) is 4.57. The number of amides is 1. The normalized spacial score (nSPS) is 14.5. The molecule has 1 aliphatic heterocycles. The molecule has 0 bridgehead atoms. The van der Waals surface area contributed by atoms with Gasteiger partial charge in [-0.1, -0.05) is 42.5 Å². The number of benzene rings is 2. The molecule has 0 saturated carbocycles. The summed E-state index contributed by atoms with van der Waals surface area (Å²) in [5, 5.41) is 7.97. The molecular weight excluding hydrogens is 450 g/mol. The van der Waals surface area contributed by atoms with Crippen molar-refractivity contribution in [2.45, 2.75) is 25.4 Å². The standard InChI is InChI=1S/C29H31N5O2/c1-36-25-13-11-23(12-14-25)27(33-16-5-6-17-33)19-31-29(35)26-21-34(20-22-8-3-2-4-9-22)32-28(26)24-10-7-15-30-18-24/h2-4,7-15,18,21,27H,5-6,16-17,19-20H2,1H3,(H,31,35)/t27-/m1/s1. The lowest BCUT2D eigenvalue weighted by molar-refractivity contribution is 0.0938. The molecule has 184 valence electrons. The minimum Gasteiger partial charge on any atom is -0.497 e. The van der Waals surface area contributed by atoms with Gasteiger partial charge in [-0.3, -0.25) is 19.4 Å². The largest absolute Gasteiger partial charge is 0.497 e. The molecule has 3 heterocycles. The molecule has 1 saturated heterocycles. The number of likely N-dealkylation sites (tertiary alicyclic amines) is 1. The zero-order valence-electron chi connectivity index (χ0n) is 20.5. The zero-order valence-corrected chi connectivity index (χ0v) is 20.5. The number of carbonyl (C=O) groups excluding carboxylic acids is 1. The van der Waals surface area contributed by atoms with Gasteiger partial charge < -0.3 is 10.1 Å². The van der Waals surface area contributed by atoms with Crippen LogP contribution in [0.2, 0.25) is 0 Å². The van der Waals surface area contributed by atoms with Crippen molar-refractivity contribution in [2.75, 3.05) is 26.7 Å². The molecule has 36 heavy (non-hydrogen) atoms. The molecule has 2 aromatic heterocycles. The maximum Gasteiger partial charge on any atom is 0.255 e. The van der Waals surface area contributed by atoms with Crippen molar-refractivity contribution in [2.24, 2.45) is 0 Å². The maximum absolute atomic E-state index is 13.5. The van der Waals surface area contributed by atoms with Crippen LogP contribution in [0.25, 0.3) is 11.3 Å². The Kier molecular flexibility index (Phi) is 7.38. The summed E-state index contributed by atoms with van der Waals surface area (Å²) >= 11 is 0. The van der Waals surface area contributed by atoms with Gasteiger partial charge >= 0.3 is 0 Å². The highest BCUT2D eigenvalue weighted by atomic mass is 16.5. The Morgan fingerprint density at radius 1 is 1.03 bits per heavy atom. The monoisotopic (exact) mass is 481 g/mol. The highest BCUT2D eigenvalue weighted by Gasteiger charge is 2.25. The van der Waals surface area contributed by atoms with Crippen molar-refractivity contribution in [3.05, 3.63) is 102 Å². The number of rotatable bonds is 9. The van der Waals surface area contributed by atoms with Gasteiger partial charge in [0.05, 0.1) is 25.3 Å². The number of hydrogen-bond donors (Lipinski definition) is 1. The summed E-state index contributed by atoms with van der Waals surface area (Å²) in [5.74, 6) is 0.695. The summed E-state index contributed by atoms with van der Waals surface area (Å²) in [6.07, 6.45) is 7.66. The molecule has 5 rings (SSSR count). The van der Waals surface area contributed by atoms with E-state index in [2.05, 4.69) is 39.5 Å². The summed E-state index contributed by atoms with van der Waals surface area (Å²) < 4.78 is 7.16. The van der Waals surface area contributed by atoms with Crippen molar-refractivity contribution in [1.29, 1.82) is 0 Å². The Labute approximate surface area is 211 Å². The quantitative estimate of drug-likeness (QED) is 0.379. The lowest BCUT2D eigenvalue weighted by Crippen LogP contribution is -2.36. The highest BCUT2D eigenvalue weighted by molar-refractivity contribution is 5.99. The van der Waals surface area contributed by atoms with Gasteiger partial charge in [0, 0.05) is 30.7 Å². The first-order valence-electron chi connectivity index (χ1n) is 12.4. The lowest BCUT2D eigenvalue weighted by atomic mass is 10.0. The number of hydrogen-bond acceptors (Lipinski definition) is 5. The van der Waals surface area contributed by atoms with E-state index >= 15 is 0 Å². The third-order valence-corrected chi connectivity index (χ3v) is 6.67. The molecule has 4 aromatic rings. The van der Waals surface area contributed by atoms with E-state index in [-0.39, 0.29) is 11.9 Å². The molecular formula is C29H31N5O2. The molecule has 1 atom stereocenters. The average Bonchev–Trinajstić information content (AvgIpc) is 3.61. The van der Waals surface area contributed by atoms with E-state index in [1.165, 1.54) is 18.4 Å². The zero-order chi connectivity index (χ0) is 24.7. The number of aromatic nitrogens is 3. The molecule has 0 unspecified atom stereocenters. The fourth-order valence-electron chi connectivity index (χ4n) is 4.78. The second-order valence-electron chi connectivity index (χ2n) is 9.06. The van der Waals surface area contributed by atoms with E-state index in [4.69, 9.17) is 9.84 Å². The molecule has 0 aliphatic carbocycles. The number of pyridine rings is 1. The van der Waals surface area contributed by atoms with E-state index in [1.807, 2.05) is 53.3 Å². The molecule has 1 aliphatic rings. The Balaban J connectivity index is 1.39. The Bertz CT molecular complexity index is 1270. The van der Waals surface area contributed by atoms with E-state index in [0.29, 0.717) is 24.3 Å². The van der Waals surface area contributed by atoms with Crippen molar-refractivity contribution in [1.82, 2.24) is 25.0 Å². The van der Waals surface area contributed by atoms with E-state index in [1.54, 1.807) is 19.5 Å². The van der Waals surface area contributed by atoms with Crippen LogP contribution in [0, 0.1) is 0 Å². The van der Waals surface area contributed by atoms with Crippen molar-refractivity contribution < 1.29 is 9.53 Å². The molecule has 7 nitrogen and oxygen atoms in total.